The lowest BCUT2D eigenvalue weighted by atomic mass is 10.2. The van der Waals surface area contributed by atoms with Crippen LogP contribution in [-0.2, 0) is 6.42 Å². The zero-order chi connectivity index (χ0) is 14.9. The zero-order valence-corrected chi connectivity index (χ0v) is 13.4. The molecule has 0 spiro atoms. The summed E-state index contributed by atoms with van der Waals surface area (Å²) >= 11 is 0. The molecule has 0 aliphatic carbocycles. The first-order valence-electron chi connectivity index (χ1n) is 7.18. The number of aryl methyl sites for hydroxylation is 1. The van der Waals surface area contributed by atoms with Crippen LogP contribution in [0.3, 0.4) is 0 Å². The van der Waals surface area contributed by atoms with E-state index in [-0.39, 0.29) is 12.4 Å². The largest absolute Gasteiger partial charge is 0.450 e. The van der Waals surface area contributed by atoms with E-state index in [1.165, 1.54) is 0 Å². The van der Waals surface area contributed by atoms with Gasteiger partial charge in [0.05, 0.1) is 6.33 Å². The minimum Gasteiger partial charge on any atom is -0.450 e. The van der Waals surface area contributed by atoms with E-state index in [2.05, 4.69) is 25.3 Å². The van der Waals surface area contributed by atoms with Gasteiger partial charge in [-0.25, -0.2) is 15.0 Å². The number of para-hydroxylation sites is 1. The molecule has 4 aromatic rings. The number of imidazole rings is 1. The Bertz CT molecular complexity index is 932. The van der Waals surface area contributed by atoms with Crippen molar-refractivity contribution < 1.29 is 4.42 Å². The van der Waals surface area contributed by atoms with Crippen LogP contribution in [0.4, 0.5) is 5.82 Å². The minimum atomic E-state index is 0. The van der Waals surface area contributed by atoms with Gasteiger partial charge in [-0.3, -0.25) is 0 Å². The number of nitrogens with zero attached hydrogens (tertiary/aromatic N) is 3. The number of anilines is 1. The zero-order valence-electron chi connectivity index (χ0n) is 12.5. The number of aromatic amines is 1. The van der Waals surface area contributed by atoms with Gasteiger partial charge in [-0.2, -0.15) is 0 Å². The van der Waals surface area contributed by atoms with Crippen LogP contribution in [0.5, 0.6) is 0 Å². The molecule has 7 heteroatoms. The molecule has 0 aliphatic heterocycles. The molecular weight excluding hydrogens is 314 g/mol. The summed E-state index contributed by atoms with van der Waals surface area (Å²) in [7, 11) is 0. The van der Waals surface area contributed by atoms with Crippen LogP contribution in [-0.4, -0.2) is 26.5 Å². The molecule has 4 rings (SSSR count). The highest BCUT2D eigenvalue weighted by atomic mass is 35.5. The van der Waals surface area contributed by atoms with Crippen molar-refractivity contribution in [1.82, 2.24) is 19.9 Å². The first kappa shape index (κ1) is 15.3. The van der Waals surface area contributed by atoms with Crippen molar-refractivity contribution in [3.05, 3.63) is 48.3 Å². The lowest BCUT2D eigenvalue weighted by molar-refractivity contribution is 0.666. The number of benzene rings is 1. The molecule has 23 heavy (non-hydrogen) atoms. The predicted molar refractivity (Wildman–Crippen MR) is 92.1 cm³/mol. The van der Waals surface area contributed by atoms with E-state index < -0.39 is 0 Å². The fourth-order valence-electron chi connectivity index (χ4n) is 2.56. The summed E-state index contributed by atoms with van der Waals surface area (Å²) in [6, 6.07) is 7.90. The first-order valence-corrected chi connectivity index (χ1v) is 7.18. The van der Waals surface area contributed by atoms with Crippen LogP contribution < -0.4 is 5.32 Å². The van der Waals surface area contributed by atoms with Crippen molar-refractivity contribution >= 4 is 40.3 Å². The molecule has 118 valence electrons. The summed E-state index contributed by atoms with van der Waals surface area (Å²) in [4.78, 5) is 16.1. The topological polar surface area (TPSA) is 79.6 Å². The summed E-state index contributed by atoms with van der Waals surface area (Å²) in [6.45, 7) is 2.63. The second kappa shape index (κ2) is 6.26. The molecule has 0 saturated heterocycles. The van der Waals surface area contributed by atoms with E-state index in [9.17, 15) is 0 Å². The Balaban J connectivity index is 0.00000156. The smallest absolute Gasteiger partial charge is 0.196 e. The van der Waals surface area contributed by atoms with Crippen molar-refractivity contribution in [3.8, 4) is 0 Å². The van der Waals surface area contributed by atoms with E-state index in [4.69, 9.17) is 4.42 Å². The molecule has 6 nitrogen and oxygen atoms in total. The Kier molecular flexibility index (Phi) is 4.16. The number of fused-ring (bicyclic) bond motifs is 3. The highest BCUT2D eigenvalue weighted by molar-refractivity contribution is 6.05. The Hall–Kier alpha value is -2.60. The number of nitrogens with one attached hydrogen (secondary N) is 2. The third-order valence-electron chi connectivity index (χ3n) is 3.57. The molecule has 0 amide bonds. The highest BCUT2D eigenvalue weighted by Crippen LogP contribution is 2.30. The van der Waals surface area contributed by atoms with Crippen LogP contribution in [0.25, 0.3) is 22.1 Å². The van der Waals surface area contributed by atoms with Crippen LogP contribution in [0.15, 0.2) is 41.2 Å². The number of furan rings is 1. The summed E-state index contributed by atoms with van der Waals surface area (Å²) in [5.41, 5.74) is 3.47. The van der Waals surface area contributed by atoms with E-state index in [1.807, 2.05) is 37.4 Å². The quantitative estimate of drug-likeness (QED) is 0.599. The van der Waals surface area contributed by atoms with Gasteiger partial charge in [-0.05, 0) is 19.1 Å². The van der Waals surface area contributed by atoms with Gasteiger partial charge in [0.25, 0.3) is 0 Å². The van der Waals surface area contributed by atoms with Gasteiger partial charge in [0.15, 0.2) is 11.4 Å². The van der Waals surface area contributed by atoms with Crippen LogP contribution >= 0.6 is 12.4 Å². The molecule has 0 radical (unpaired) electrons. The second-order valence-corrected chi connectivity index (χ2v) is 5.15. The summed E-state index contributed by atoms with van der Waals surface area (Å²) in [5.74, 6) is 1.46. The van der Waals surface area contributed by atoms with Gasteiger partial charge in [0.2, 0.25) is 0 Å². The molecular formula is C16H16ClN5O. The lowest BCUT2D eigenvalue weighted by Crippen LogP contribution is -2.07. The summed E-state index contributed by atoms with van der Waals surface area (Å²) in [5, 5.41) is 4.35. The van der Waals surface area contributed by atoms with Crippen molar-refractivity contribution in [2.24, 2.45) is 0 Å². The predicted octanol–water partition coefficient (Wildman–Crippen LogP) is 3.48. The third kappa shape index (κ3) is 2.85. The van der Waals surface area contributed by atoms with Crippen LogP contribution in [0.1, 0.15) is 11.5 Å². The minimum absolute atomic E-state index is 0. The Morgan fingerprint density at radius 3 is 2.91 bits per heavy atom. The highest BCUT2D eigenvalue weighted by Gasteiger charge is 2.14. The van der Waals surface area contributed by atoms with Gasteiger partial charge in [-0.1, -0.05) is 12.1 Å². The number of aromatic nitrogens is 4. The monoisotopic (exact) mass is 329 g/mol. The number of halogens is 1. The molecule has 0 atom stereocenters. The third-order valence-corrected chi connectivity index (χ3v) is 3.57. The van der Waals surface area contributed by atoms with E-state index >= 15 is 0 Å². The van der Waals surface area contributed by atoms with E-state index in [1.54, 1.807) is 6.33 Å². The lowest BCUT2D eigenvalue weighted by Gasteiger charge is -2.05. The average molecular weight is 330 g/mol. The van der Waals surface area contributed by atoms with Crippen molar-refractivity contribution in [3.63, 3.8) is 0 Å². The maximum Gasteiger partial charge on any atom is 0.196 e. The average Bonchev–Trinajstić information content (AvgIpc) is 3.15. The van der Waals surface area contributed by atoms with Crippen molar-refractivity contribution in [2.75, 3.05) is 11.9 Å². The van der Waals surface area contributed by atoms with Crippen LogP contribution in [0, 0.1) is 6.92 Å². The normalized spacial score (nSPS) is 10.8. The van der Waals surface area contributed by atoms with Gasteiger partial charge in [-0.15, -0.1) is 12.4 Å². The van der Waals surface area contributed by atoms with Gasteiger partial charge >= 0.3 is 0 Å². The Morgan fingerprint density at radius 1 is 1.22 bits per heavy atom. The molecule has 3 heterocycles. The molecule has 0 saturated carbocycles. The number of hydrogen-bond donors (Lipinski definition) is 2. The van der Waals surface area contributed by atoms with Crippen LogP contribution in [0.2, 0.25) is 0 Å². The van der Waals surface area contributed by atoms with Gasteiger partial charge in [0.1, 0.15) is 16.9 Å². The first-order chi connectivity index (χ1) is 10.8. The Labute approximate surface area is 138 Å². The SMILES string of the molecule is Cc1nc(NCCc2cnc[nH]2)c2oc3ccccc3c2n1.Cl. The molecule has 0 bridgehead atoms. The number of H-pyrrole nitrogens is 1. The van der Waals surface area contributed by atoms with Gasteiger partial charge in [0, 0.05) is 30.2 Å². The number of hydrogen-bond acceptors (Lipinski definition) is 5. The van der Waals surface area contributed by atoms with E-state index in [0.29, 0.717) is 5.58 Å². The fourth-order valence-corrected chi connectivity index (χ4v) is 2.56. The molecule has 1 aromatic carbocycles. The standard InChI is InChI=1S/C16H15N5O.ClH/c1-10-20-14-12-4-2-3-5-13(12)22-15(14)16(21-10)18-7-6-11-8-17-9-19-11;/h2-5,8-9H,6-7H2,1H3,(H,17,19)(H,18,20,21);1H. The van der Waals surface area contributed by atoms with Crippen molar-refractivity contribution in [2.45, 2.75) is 13.3 Å². The molecule has 0 aliphatic rings. The summed E-state index contributed by atoms with van der Waals surface area (Å²) < 4.78 is 5.92. The second-order valence-electron chi connectivity index (χ2n) is 5.15. The number of rotatable bonds is 4. The fraction of sp³-hybridized carbons (Fsp3) is 0.188. The summed E-state index contributed by atoms with van der Waals surface area (Å²) in [6.07, 6.45) is 4.34. The Morgan fingerprint density at radius 2 is 2.09 bits per heavy atom. The van der Waals surface area contributed by atoms with Crippen molar-refractivity contribution in [1.29, 1.82) is 0 Å². The molecule has 2 N–H and O–H groups in total. The maximum atomic E-state index is 5.92. The van der Waals surface area contributed by atoms with Gasteiger partial charge < -0.3 is 14.7 Å². The molecule has 3 aromatic heterocycles. The molecule has 0 fully saturated rings. The molecule has 0 unspecified atom stereocenters. The van der Waals surface area contributed by atoms with E-state index in [0.717, 1.165) is 46.8 Å². The maximum absolute atomic E-state index is 5.92.